The summed E-state index contributed by atoms with van der Waals surface area (Å²) in [4.78, 5) is 36.1. The summed E-state index contributed by atoms with van der Waals surface area (Å²) < 4.78 is 73.9. The van der Waals surface area contributed by atoms with Crippen molar-refractivity contribution in [1.29, 1.82) is 0 Å². The number of anilines is 1. The fourth-order valence-corrected chi connectivity index (χ4v) is 5.65. The zero-order valence-corrected chi connectivity index (χ0v) is 27.0. The molecule has 2 aliphatic rings. The zero-order valence-electron chi connectivity index (χ0n) is 25.4. The van der Waals surface area contributed by atoms with E-state index in [1.165, 1.54) is 24.3 Å². The third-order valence-corrected chi connectivity index (χ3v) is 8.05. The van der Waals surface area contributed by atoms with E-state index in [-0.39, 0.29) is 17.0 Å². The van der Waals surface area contributed by atoms with Crippen molar-refractivity contribution in [3.63, 3.8) is 0 Å². The largest absolute Gasteiger partial charge is 0.510 e. The molecule has 0 saturated carbocycles. The molecule has 0 spiro atoms. The van der Waals surface area contributed by atoms with Gasteiger partial charge in [0.05, 0.1) is 31.0 Å². The van der Waals surface area contributed by atoms with Crippen LogP contribution in [0.15, 0.2) is 12.7 Å². The number of fused-ring (bicyclic) bond motifs is 2. The summed E-state index contributed by atoms with van der Waals surface area (Å²) in [5.41, 5.74) is 2.94. The second-order valence-electron chi connectivity index (χ2n) is 10.2. The first kappa shape index (κ1) is 35.5. The van der Waals surface area contributed by atoms with Crippen molar-refractivity contribution in [1.82, 2.24) is 19.5 Å². The fourth-order valence-electron chi connectivity index (χ4n) is 4.41. The number of nitrogen functional groups attached to an aromatic ring is 1. The highest BCUT2D eigenvalue weighted by Crippen LogP contribution is 2.56. The number of rotatable bonds is 14. The maximum atomic E-state index is 13.7. The van der Waals surface area contributed by atoms with Crippen LogP contribution in [0.1, 0.15) is 33.9 Å². The molecule has 0 aromatic carbocycles. The minimum absolute atomic E-state index is 0.0904. The number of alkyl halides is 1. The summed E-state index contributed by atoms with van der Waals surface area (Å²) in [6.07, 6.45) is 2.82. The molecule has 254 valence electrons. The summed E-state index contributed by atoms with van der Waals surface area (Å²) in [5, 5.41) is 0. The number of terminal acetylenes is 1. The molecule has 2 N–H and O–H groups in total. The maximum absolute atomic E-state index is 13.7. The normalized spacial score (nSPS) is 25.8. The smallest absolute Gasteiger partial charge is 0.432 e. The summed E-state index contributed by atoms with van der Waals surface area (Å²) in [6, 6.07) is 0. The number of hydrogen-bond donors (Lipinski definition) is 1. The van der Waals surface area contributed by atoms with Gasteiger partial charge in [-0.05, 0) is 27.7 Å². The number of carbonyl (C=O) groups is 2. The molecule has 0 amide bonds. The Morgan fingerprint density at radius 1 is 1.09 bits per heavy atom. The van der Waals surface area contributed by atoms with Crippen molar-refractivity contribution < 1.29 is 65.6 Å². The molecule has 5 atom stereocenters. The number of ether oxygens (including phenoxy) is 8. The van der Waals surface area contributed by atoms with E-state index in [1.807, 2.05) is 0 Å². The number of nitrogens with two attached hydrogens (primary N) is 1. The molecule has 4 rings (SSSR count). The lowest BCUT2D eigenvalue weighted by Gasteiger charge is -2.32. The van der Waals surface area contributed by atoms with Crippen molar-refractivity contribution in [3.05, 3.63) is 12.7 Å². The van der Waals surface area contributed by atoms with Gasteiger partial charge in [-0.3, -0.25) is 9.09 Å². The molecule has 21 heteroatoms. The van der Waals surface area contributed by atoms with Crippen LogP contribution in [0, 0.1) is 12.3 Å². The fraction of sp³-hybridized carbons (Fsp3) is 0.640. The molecule has 46 heavy (non-hydrogen) atoms. The van der Waals surface area contributed by atoms with Crippen molar-refractivity contribution in [2.45, 2.75) is 69.9 Å². The molecule has 0 aliphatic carbocycles. The van der Waals surface area contributed by atoms with Gasteiger partial charge < -0.3 is 43.6 Å². The average molecular weight is 694 g/mol. The van der Waals surface area contributed by atoms with Gasteiger partial charge >= 0.3 is 20.1 Å². The van der Waals surface area contributed by atoms with Gasteiger partial charge in [-0.2, -0.15) is 0 Å². The van der Waals surface area contributed by atoms with E-state index in [2.05, 4.69) is 20.9 Å². The van der Waals surface area contributed by atoms with Gasteiger partial charge in [-0.15, -0.1) is 18.0 Å². The number of halogens is 1. The van der Waals surface area contributed by atoms with E-state index in [9.17, 15) is 14.2 Å². The van der Waals surface area contributed by atoms with Gasteiger partial charge in [0.1, 0.15) is 23.5 Å². The lowest BCUT2D eigenvalue weighted by molar-refractivity contribution is -0.274. The Morgan fingerprint density at radius 2 is 1.72 bits per heavy atom. The molecular formula is C25H33ClN5O14P. The molecule has 0 bridgehead atoms. The molecule has 2 fully saturated rings. The molecular weight excluding hydrogens is 661 g/mol. The van der Waals surface area contributed by atoms with Gasteiger partial charge in [0.2, 0.25) is 19.2 Å². The minimum Gasteiger partial charge on any atom is -0.432 e. The Bertz CT molecular complexity index is 1460. The quantitative estimate of drug-likeness (QED) is 0.0987. The Labute approximate surface area is 267 Å². The highest BCUT2D eigenvalue weighted by Gasteiger charge is 2.71. The number of hydrogen-bond acceptors (Lipinski definition) is 18. The zero-order chi connectivity index (χ0) is 33.7. The number of aromatic nitrogens is 4. The monoisotopic (exact) mass is 693 g/mol. The van der Waals surface area contributed by atoms with E-state index < -0.39 is 88.4 Å². The van der Waals surface area contributed by atoms with E-state index in [4.69, 9.17) is 75.2 Å². The minimum atomic E-state index is -4.76. The summed E-state index contributed by atoms with van der Waals surface area (Å²) in [7, 11) is -3.45. The maximum Gasteiger partial charge on any atom is 0.510 e. The predicted molar refractivity (Wildman–Crippen MR) is 152 cm³/mol. The van der Waals surface area contributed by atoms with E-state index in [0.717, 1.165) is 0 Å². The summed E-state index contributed by atoms with van der Waals surface area (Å²) >= 11 is 6.47. The molecule has 19 nitrogen and oxygen atoms in total. The van der Waals surface area contributed by atoms with Gasteiger partial charge in [0.25, 0.3) is 6.48 Å². The Kier molecular flexibility index (Phi) is 11.3. The second-order valence-corrected chi connectivity index (χ2v) is 12.1. The molecule has 2 aromatic rings. The van der Waals surface area contributed by atoms with Crippen LogP contribution in [-0.2, 0) is 56.0 Å². The lowest BCUT2D eigenvalue weighted by atomic mass is 9.88. The van der Waals surface area contributed by atoms with E-state index >= 15 is 0 Å². The van der Waals surface area contributed by atoms with Crippen LogP contribution >= 0.6 is 19.4 Å². The van der Waals surface area contributed by atoms with Gasteiger partial charge in [0, 0.05) is 7.11 Å². The molecule has 4 heterocycles. The third-order valence-electron chi connectivity index (χ3n) is 6.31. The number of phosphoric ester groups is 1. The van der Waals surface area contributed by atoms with Gasteiger partial charge in [0.15, 0.2) is 17.7 Å². The number of carbonyl (C=O) groups excluding carboxylic acids is 2. The van der Waals surface area contributed by atoms with Crippen LogP contribution in [-0.4, -0.2) is 101 Å². The van der Waals surface area contributed by atoms with Crippen molar-refractivity contribution in [3.8, 4) is 12.3 Å². The van der Waals surface area contributed by atoms with Gasteiger partial charge in [-0.25, -0.2) is 38.2 Å². The molecule has 2 aliphatic heterocycles. The summed E-state index contributed by atoms with van der Waals surface area (Å²) in [5.74, 6) is 2.27. The standard InChI is InChI=1S/C25H33ClN5O14P/c1-7-25-19(43-23(35-6)45-25)24(8-26,44-20(25)31-11-30-16-17(27)28-10-29-18(16)31)9-38-46(34,39-12-36-21(32)41-14(2)3)40-13-37-22(33)42-15(4)5/h1,10-11,14-15,19-20,23H,8-9,12-13H2,2-6H3,(H2,27,28,29)/t19-,20-,23?,24-,25-/m1/s1. The first-order valence-electron chi connectivity index (χ1n) is 13.5. The Balaban J connectivity index is 1.61. The third kappa shape index (κ3) is 7.46. The van der Waals surface area contributed by atoms with Crippen LogP contribution in [0.5, 0.6) is 0 Å². The van der Waals surface area contributed by atoms with Crippen LogP contribution in [0.25, 0.3) is 11.2 Å². The SMILES string of the molecule is C#C[C@@]12OC(OC)O[C@@H]1[C@@](CCl)(COP(=O)(OCOC(=O)OC(C)C)OCOC(=O)OC(C)C)O[C@H]2n1cnc2c(N)ncnc21. The topological polar surface area (TPSA) is 222 Å². The number of phosphoric acid groups is 1. The molecule has 2 saturated heterocycles. The van der Waals surface area contributed by atoms with Crippen LogP contribution in [0.3, 0.4) is 0 Å². The summed E-state index contributed by atoms with van der Waals surface area (Å²) in [6.45, 7) is 2.44. The first-order chi connectivity index (χ1) is 21.8. The van der Waals surface area contributed by atoms with Crippen molar-refractivity contribution >= 4 is 48.7 Å². The molecule has 1 unspecified atom stereocenters. The molecule has 2 aromatic heterocycles. The first-order valence-corrected chi connectivity index (χ1v) is 15.5. The van der Waals surface area contributed by atoms with Crippen LogP contribution < -0.4 is 5.73 Å². The van der Waals surface area contributed by atoms with Crippen molar-refractivity contribution in [2.75, 3.05) is 38.9 Å². The molecule has 0 radical (unpaired) electrons. The van der Waals surface area contributed by atoms with Crippen LogP contribution in [0.4, 0.5) is 15.4 Å². The van der Waals surface area contributed by atoms with Crippen molar-refractivity contribution in [2.24, 2.45) is 0 Å². The van der Waals surface area contributed by atoms with Gasteiger partial charge in [-0.1, -0.05) is 5.92 Å². The highest BCUT2D eigenvalue weighted by molar-refractivity contribution is 7.48. The highest BCUT2D eigenvalue weighted by atomic mass is 35.5. The van der Waals surface area contributed by atoms with E-state index in [0.29, 0.717) is 0 Å². The number of imidazole rings is 1. The number of nitrogens with zero attached hydrogens (tertiary/aromatic N) is 4. The number of methoxy groups -OCH3 is 1. The van der Waals surface area contributed by atoms with Crippen LogP contribution in [0.2, 0.25) is 0 Å². The van der Waals surface area contributed by atoms with E-state index in [1.54, 1.807) is 27.7 Å². The second kappa shape index (κ2) is 14.6. The lowest BCUT2D eigenvalue weighted by Crippen LogP contribution is -2.52. The Morgan fingerprint density at radius 3 is 2.26 bits per heavy atom. The predicted octanol–water partition coefficient (Wildman–Crippen LogP) is 2.83. The average Bonchev–Trinajstić information content (AvgIpc) is 3.66. The Hall–Kier alpha value is -3.31.